The van der Waals surface area contributed by atoms with Gasteiger partial charge in [0.1, 0.15) is 6.20 Å². The first-order valence-corrected chi connectivity index (χ1v) is 2.29. The summed E-state index contributed by atoms with van der Waals surface area (Å²) in [6, 6.07) is 0. The van der Waals surface area contributed by atoms with Gasteiger partial charge in [0.2, 0.25) is 0 Å². The summed E-state index contributed by atoms with van der Waals surface area (Å²) >= 11 is 0. The standard InChI is InChI=1S/C4H4F2N3/c1-3-2-7-9(8-3)4(5)6/h4H,1H3. The third-order valence-corrected chi connectivity index (χ3v) is 0.741. The second-order valence-electron chi connectivity index (χ2n) is 1.50. The van der Waals surface area contributed by atoms with Crippen LogP contribution in [0.2, 0.25) is 0 Å². The Kier molecular flexibility index (Phi) is 1.42. The molecule has 0 spiro atoms. The summed E-state index contributed by atoms with van der Waals surface area (Å²) in [6.45, 7) is -1.11. The van der Waals surface area contributed by atoms with Crippen molar-refractivity contribution in [3.63, 3.8) is 0 Å². The van der Waals surface area contributed by atoms with Gasteiger partial charge in [0.25, 0.3) is 0 Å². The van der Waals surface area contributed by atoms with Gasteiger partial charge in [-0.05, 0) is 6.92 Å². The molecule has 0 fully saturated rings. The van der Waals surface area contributed by atoms with Crippen LogP contribution in [-0.4, -0.2) is 15.0 Å². The number of hydrogen-bond donors (Lipinski definition) is 0. The molecule has 1 heterocycles. The van der Waals surface area contributed by atoms with E-state index in [9.17, 15) is 8.78 Å². The Labute approximate surface area is 50.3 Å². The Balaban J connectivity index is 2.85. The fourth-order valence-corrected chi connectivity index (χ4v) is 0.409. The van der Waals surface area contributed by atoms with E-state index in [-0.39, 0.29) is 0 Å². The first-order chi connectivity index (χ1) is 4.20. The molecule has 0 bridgehead atoms. The molecule has 0 saturated heterocycles. The van der Waals surface area contributed by atoms with E-state index in [0.29, 0.717) is 10.5 Å². The van der Waals surface area contributed by atoms with E-state index in [4.69, 9.17) is 0 Å². The van der Waals surface area contributed by atoms with Crippen LogP contribution in [0.25, 0.3) is 0 Å². The Morgan fingerprint density at radius 2 is 2.33 bits per heavy atom. The number of aryl methyl sites for hydroxylation is 1. The molecule has 0 aliphatic carbocycles. The normalized spacial score (nSPS) is 10.7. The van der Waals surface area contributed by atoms with Crippen molar-refractivity contribution in [3.05, 3.63) is 11.9 Å². The van der Waals surface area contributed by atoms with Gasteiger partial charge in [-0.25, -0.2) is 0 Å². The molecule has 5 heteroatoms. The average Bonchev–Trinajstić information content (AvgIpc) is 2.14. The predicted octanol–water partition coefficient (Wildman–Crippen LogP) is 0.782. The quantitative estimate of drug-likeness (QED) is 0.565. The summed E-state index contributed by atoms with van der Waals surface area (Å²) in [5.74, 6) is 0. The van der Waals surface area contributed by atoms with Crippen molar-refractivity contribution in [1.29, 1.82) is 0 Å². The second-order valence-corrected chi connectivity index (χ2v) is 1.50. The molecular formula is C4H4F2N3. The third-order valence-electron chi connectivity index (χ3n) is 0.741. The molecule has 1 aromatic heterocycles. The van der Waals surface area contributed by atoms with E-state index in [2.05, 4.69) is 16.4 Å². The van der Waals surface area contributed by atoms with Crippen molar-refractivity contribution in [2.24, 2.45) is 0 Å². The minimum Gasteiger partial charge on any atom is -0.182 e. The Morgan fingerprint density at radius 3 is 2.56 bits per heavy atom. The van der Waals surface area contributed by atoms with Crippen LogP contribution < -0.4 is 0 Å². The summed E-state index contributed by atoms with van der Waals surface area (Å²) in [5.41, 5.74) is 0.371. The largest absolute Gasteiger partial charge is 0.348 e. The van der Waals surface area contributed by atoms with E-state index < -0.39 is 6.55 Å². The zero-order valence-corrected chi connectivity index (χ0v) is 4.67. The Hall–Kier alpha value is -1.00. The molecule has 0 aliphatic heterocycles. The van der Waals surface area contributed by atoms with Gasteiger partial charge in [0, 0.05) is 0 Å². The highest BCUT2D eigenvalue weighted by atomic mass is 19.3. The van der Waals surface area contributed by atoms with Crippen LogP contribution in [0.15, 0.2) is 0 Å². The maximum Gasteiger partial charge on any atom is 0.348 e. The number of nitrogens with zero attached hydrogens (tertiary/aromatic N) is 3. The van der Waals surface area contributed by atoms with Gasteiger partial charge in [-0.15, -0.1) is 9.90 Å². The molecular weight excluding hydrogens is 128 g/mol. The topological polar surface area (TPSA) is 30.7 Å². The van der Waals surface area contributed by atoms with Crippen LogP contribution in [0.5, 0.6) is 0 Å². The minimum atomic E-state index is -2.66. The van der Waals surface area contributed by atoms with Crippen molar-refractivity contribution < 1.29 is 8.78 Å². The highest BCUT2D eigenvalue weighted by Gasteiger charge is 2.06. The molecule has 0 unspecified atom stereocenters. The molecule has 1 radical (unpaired) electrons. The van der Waals surface area contributed by atoms with Gasteiger partial charge in [-0.3, -0.25) is 0 Å². The Morgan fingerprint density at radius 1 is 1.67 bits per heavy atom. The third kappa shape index (κ3) is 1.22. The van der Waals surface area contributed by atoms with E-state index >= 15 is 0 Å². The fraction of sp³-hybridized carbons (Fsp3) is 0.500. The van der Waals surface area contributed by atoms with E-state index in [0.717, 1.165) is 0 Å². The lowest BCUT2D eigenvalue weighted by molar-refractivity contribution is 0.0410. The summed E-state index contributed by atoms with van der Waals surface area (Å²) < 4.78 is 23.2. The van der Waals surface area contributed by atoms with Gasteiger partial charge in [0.15, 0.2) is 0 Å². The van der Waals surface area contributed by atoms with Gasteiger partial charge >= 0.3 is 6.55 Å². The number of halogens is 2. The maximum atomic E-state index is 11.6. The summed E-state index contributed by atoms with van der Waals surface area (Å²) in [7, 11) is 0. The molecule has 0 aromatic carbocycles. The van der Waals surface area contributed by atoms with Gasteiger partial charge in [-0.2, -0.15) is 13.9 Å². The predicted molar refractivity (Wildman–Crippen MR) is 24.8 cm³/mol. The number of rotatable bonds is 1. The number of hydrogen-bond acceptors (Lipinski definition) is 2. The van der Waals surface area contributed by atoms with E-state index in [1.165, 1.54) is 0 Å². The van der Waals surface area contributed by atoms with Gasteiger partial charge in [0.05, 0.1) is 5.69 Å². The van der Waals surface area contributed by atoms with Crippen LogP contribution in [-0.2, 0) is 0 Å². The second kappa shape index (κ2) is 2.08. The summed E-state index contributed by atoms with van der Waals surface area (Å²) in [5, 5.41) is 6.46. The summed E-state index contributed by atoms with van der Waals surface area (Å²) in [6.07, 6.45) is 2.27. The fourth-order valence-electron chi connectivity index (χ4n) is 0.409. The zero-order chi connectivity index (χ0) is 6.85. The molecule has 0 amide bonds. The van der Waals surface area contributed by atoms with Gasteiger partial charge < -0.3 is 0 Å². The van der Waals surface area contributed by atoms with E-state index in [1.54, 1.807) is 6.92 Å². The highest BCUT2D eigenvalue weighted by molar-refractivity contribution is 4.82. The van der Waals surface area contributed by atoms with Crippen molar-refractivity contribution in [2.45, 2.75) is 13.5 Å². The smallest absolute Gasteiger partial charge is 0.182 e. The van der Waals surface area contributed by atoms with E-state index in [1.807, 2.05) is 0 Å². The van der Waals surface area contributed by atoms with Crippen molar-refractivity contribution in [3.8, 4) is 0 Å². The highest BCUT2D eigenvalue weighted by Crippen LogP contribution is 2.04. The molecule has 49 valence electrons. The lowest BCUT2D eigenvalue weighted by atomic mass is 10.6. The molecule has 0 saturated carbocycles. The molecule has 0 atom stereocenters. The lowest BCUT2D eigenvalue weighted by Gasteiger charge is -1.91. The van der Waals surface area contributed by atoms with Crippen molar-refractivity contribution >= 4 is 0 Å². The van der Waals surface area contributed by atoms with Crippen LogP contribution in [0.4, 0.5) is 8.78 Å². The van der Waals surface area contributed by atoms with Crippen molar-refractivity contribution in [2.75, 3.05) is 0 Å². The molecule has 3 nitrogen and oxygen atoms in total. The monoisotopic (exact) mass is 132 g/mol. The Bertz CT molecular complexity index is 195. The zero-order valence-electron chi connectivity index (χ0n) is 4.67. The first-order valence-electron chi connectivity index (χ1n) is 2.29. The van der Waals surface area contributed by atoms with Gasteiger partial charge in [-0.1, -0.05) is 0 Å². The van der Waals surface area contributed by atoms with Crippen LogP contribution in [0.1, 0.15) is 12.2 Å². The molecule has 9 heavy (non-hydrogen) atoms. The van der Waals surface area contributed by atoms with Crippen LogP contribution in [0.3, 0.4) is 0 Å². The minimum absolute atomic E-state index is 0.315. The van der Waals surface area contributed by atoms with Crippen LogP contribution in [0, 0.1) is 13.1 Å². The number of alkyl halides is 2. The first kappa shape index (κ1) is 6.12. The SMILES string of the molecule is Cc1[c]nn(C(F)F)n1. The number of aromatic nitrogens is 3. The molecule has 1 aromatic rings. The summed E-state index contributed by atoms with van der Waals surface area (Å²) in [4.78, 5) is 0.315. The lowest BCUT2D eigenvalue weighted by Crippen LogP contribution is -2.01. The molecule has 1 rings (SSSR count). The molecule has 0 aliphatic rings. The van der Waals surface area contributed by atoms with Crippen LogP contribution >= 0.6 is 0 Å². The molecule has 0 N–H and O–H groups in total. The maximum absolute atomic E-state index is 11.6. The average molecular weight is 132 g/mol. The van der Waals surface area contributed by atoms with Crippen molar-refractivity contribution in [1.82, 2.24) is 15.0 Å².